The van der Waals surface area contributed by atoms with Gasteiger partial charge in [0.15, 0.2) is 0 Å². The number of hydrogen-bond acceptors (Lipinski definition) is 5. The Bertz CT molecular complexity index is 1330. The van der Waals surface area contributed by atoms with Crippen molar-refractivity contribution >= 4 is 43.5 Å². The molecule has 38 heavy (non-hydrogen) atoms. The third-order valence-electron chi connectivity index (χ3n) is 5.81. The van der Waals surface area contributed by atoms with E-state index in [9.17, 15) is 18.0 Å². The first kappa shape index (κ1) is 29.2. The molecule has 3 rings (SSSR count). The van der Waals surface area contributed by atoms with Crippen LogP contribution in [0.4, 0.5) is 5.69 Å². The van der Waals surface area contributed by atoms with Gasteiger partial charge < -0.3 is 15.0 Å². The number of anilines is 1. The van der Waals surface area contributed by atoms with Crippen LogP contribution in [-0.4, -0.2) is 50.5 Å². The zero-order valence-electron chi connectivity index (χ0n) is 21.6. The summed E-state index contributed by atoms with van der Waals surface area (Å²) in [6, 6.07) is 22.8. The molecule has 3 aromatic carbocycles. The molecule has 2 amide bonds. The third kappa shape index (κ3) is 8.32. The lowest BCUT2D eigenvalue weighted by atomic mass is 10.1. The highest BCUT2D eigenvalue weighted by molar-refractivity contribution is 9.10. The first-order chi connectivity index (χ1) is 18.1. The highest BCUT2D eigenvalue weighted by atomic mass is 79.9. The van der Waals surface area contributed by atoms with Gasteiger partial charge in [-0.15, -0.1) is 0 Å². The average Bonchev–Trinajstić information content (AvgIpc) is 2.89. The van der Waals surface area contributed by atoms with Crippen LogP contribution < -0.4 is 14.4 Å². The van der Waals surface area contributed by atoms with Crippen LogP contribution in [0.15, 0.2) is 83.3 Å². The maximum atomic E-state index is 13.5. The molecule has 0 aromatic heterocycles. The van der Waals surface area contributed by atoms with Crippen LogP contribution >= 0.6 is 15.9 Å². The van der Waals surface area contributed by atoms with Crippen molar-refractivity contribution in [1.29, 1.82) is 0 Å². The summed E-state index contributed by atoms with van der Waals surface area (Å²) in [4.78, 5) is 27.6. The molecule has 0 bridgehead atoms. The summed E-state index contributed by atoms with van der Waals surface area (Å²) in [5, 5.41) is 2.74. The Hall–Kier alpha value is -3.37. The molecule has 0 aliphatic heterocycles. The number of hydrogen-bond donors (Lipinski definition) is 1. The van der Waals surface area contributed by atoms with Crippen LogP contribution in [0.5, 0.6) is 5.75 Å². The first-order valence-electron chi connectivity index (χ1n) is 12.1. The number of likely N-dealkylation sites (N-methyl/N-ethyl adjacent to an activating group) is 1. The lowest BCUT2D eigenvalue weighted by Crippen LogP contribution is -2.51. The number of sulfonamides is 1. The quantitative estimate of drug-likeness (QED) is 0.333. The molecular weight excluding hydrogens is 570 g/mol. The number of benzene rings is 3. The molecule has 10 heteroatoms. The monoisotopic (exact) mass is 601 g/mol. The van der Waals surface area contributed by atoms with Crippen molar-refractivity contribution < 1.29 is 22.7 Å². The van der Waals surface area contributed by atoms with Gasteiger partial charge in [-0.05, 0) is 61.4 Å². The summed E-state index contributed by atoms with van der Waals surface area (Å²) in [5.74, 6) is -0.251. The van der Waals surface area contributed by atoms with Gasteiger partial charge in [-0.25, -0.2) is 8.42 Å². The molecule has 1 N–H and O–H groups in total. The maximum Gasteiger partial charge on any atom is 0.244 e. The van der Waals surface area contributed by atoms with E-state index in [1.165, 1.54) is 4.90 Å². The lowest BCUT2D eigenvalue weighted by Gasteiger charge is -2.31. The molecule has 8 nitrogen and oxygen atoms in total. The SMILES string of the molecule is CCNC(=O)C(C)N(Cc1cccc(Br)c1)C(=O)CN(c1ccc(OCc2ccccc2)cc1)S(C)(=O)=O. The molecule has 0 spiro atoms. The largest absolute Gasteiger partial charge is 0.489 e. The van der Waals surface area contributed by atoms with Gasteiger partial charge in [0.1, 0.15) is 24.9 Å². The molecule has 3 aromatic rings. The maximum absolute atomic E-state index is 13.5. The Morgan fingerprint density at radius 2 is 1.63 bits per heavy atom. The molecule has 1 unspecified atom stereocenters. The molecule has 202 valence electrons. The first-order valence-corrected chi connectivity index (χ1v) is 14.8. The normalized spacial score (nSPS) is 11.9. The third-order valence-corrected chi connectivity index (χ3v) is 7.45. The lowest BCUT2D eigenvalue weighted by molar-refractivity contribution is -0.139. The molecule has 0 saturated heterocycles. The fourth-order valence-corrected chi connectivity index (χ4v) is 5.10. The van der Waals surface area contributed by atoms with Crippen LogP contribution in [0.1, 0.15) is 25.0 Å². The summed E-state index contributed by atoms with van der Waals surface area (Å²) in [6.07, 6.45) is 1.05. The van der Waals surface area contributed by atoms with Gasteiger partial charge in [0.2, 0.25) is 21.8 Å². The fraction of sp³-hybridized carbons (Fsp3) is 0.286. The number of ether oxygens (including phenoxy) is 1. The van der Waals surface area contributed by atoms with E-state index in [2.05, 4.69) is 21.2 Å². The predicted octanol–water partition coefficient (Wildman–Crippen LogP) is 4.35. The average molecular weight is 603 g/mol. The Morgan fingerprint density at radius 1 is 0.974 bits per heavy atom. The minimum atomic E-state index is -3.81. The Morgan fingerprint density at radius 3 is 2.24 bits per heavy atom. The Labute approximate surface area is 232 Å². The molecule has 0 heterocycles. The van der Waals surface area contributed by atoms with Gasteiger partial charge >= 0.3 is 0 Å². The van der Waals surface area contributed by atoms with Gasteiger partial charge in [-0.3, -0.25) is 13.9 Å². The minimum absolute atomic E-state index is 0.139. The van der Waals surface area contributed by atoms with E-state index in [0.717, 1.165) is 26.2 Å². The summed E-state index contributed by atoms with van der Waals surface area (Å²) in [6.45, 7) is 3.89. The molecule has 0 aliphatic rings. The Kier molecular flexibility index (Phi) is 10.3. The summed E-state index contributed by atoms with van der Waals surface area (Å²) < 4.78 is 33.1. The molecule has 0 radical (unpaired) electrons. The van der Waals surface area contributed by atoms with E-state index in [0.29, 0.717) is 24.6 Å². The zero-order chi connectivity index (χ0) is 27.7. The van der Waals surface area contributed by atoms with E-state index in [4.69, 9.17) is 4.74 Å². The highest BCUT2D eigenvalue weighted by Crippen LogP contribution is 2.23. The molecule has 0 fully saturated rings. The molecule has 0 aliphatic carbocycles. The van der Waals surface area contributed by atoms with E-state index < -0.39 is 28.5 Å². The number of nitrogens with zero attached hydrogens (tertiary/aromatic N) is 2. The second-order valence-corrected chi connectivity index (χ2v) is 11.6. The van der Waals surface area contributed by atoms with E-state index in [-0.39, 0.29) is 12.5 Å². The van der Waals surface area contributed by atoms with Crippen LogP contribution in [0, 0.1) is 0 Å². The van der Waals surface area contributed by atoms with Crippen LogP contribution in [0.2, 0.25) is 0 Å². The van der Waals surface area contributed by atoms with Crippen LogP contribution in [-0.2, 0) is 32.8 Å². The summed E-state index contributed by atoms with van der Waals surface area (Å²) in [5.41, 5.74) is 2.13. The van der Waals surface area contributed by atoms with Crippen molar-refractivity contribution in [3.05, 3.63) is 94.5 Å². The van der Waals surface area contributed by atoms with Crippen LogP contribution in [0.3, 0.4) is 0 Å². The number of amides is 2. The van der Waals surface area contributed by atoms with Crippen molar-refractivity contribution in [1.82, 2.24) is 10.2 Å². The van der Waals surface area contributed by atoms with Crippen molar-refractivity contribution in [2.45, 2.75) is 33.0 Å². The van der Waals surface area contributed by atoms with Gasteiger partial charge in [-0.2, -0.15) is 0 Å². The summed E-state index contributed by atoms with van der Waals surface area (Å²) >= 11 is 3.43. The minimum Gasteiger partial charge on any atom is -0.489 e. The van der Waals surface area contributed by atoms with Crippen molar-refractivity contribution in [3.63, 3.8) is 0 Å². The predicted molar refractivity (Wildman–Crippen MR) is 152 cm³/mol. The fourth-order valence-electron chi connectivity index (χ4n) is 3.80. The molecular formula is C28H32BrN3O5S. The van der Waals surface area contributed by atoms with Gasteiger partial charge in [0, 0.05) is 17.6 Å². The number of carbonyl (C=O) groups excluding carboxylic acids is 2. The van der Waals surface area contributed by atoms with Crippen molar-refractivity contribution in [3.8, 4) is 5.75 Å². The zero-order valence-corrected chi connectivity index (χ0v) is 24.0. The van der Waals surface area contributed by atoms with E-state index in [1.807, 2.05) is 54.6 Å². The second-order valence-electron chi connectivity index (χ2n) is 8.76. The van der Waals surface area contributed by atoms with Gasteiger partial charge in [0.25, 0.3) is 0 Å². The molecule has 0 saturated carbocycles. The van der Waals surface area contributed by atoms with Gasteiger partial charge in [-0.1, -0.05) is 58.4 Å². The van der Waals surface area contributed by atoms with Crippen molar-refractivity contribution in [2.24, 2.45) is 0 Å². The van der Waals surface area contributed by atoms with E-state index >= 15 is 0 Å². The van der Waals surface area contributed by atoms with Gasteiger partial charge in [0.05, 0.1) is 11.9 Å². The number of carbonyl (C=O) groups is 2. The number of nitrogens with one attached hydrogen (secondary N) is 1. The number of rotatable bonds is 12. The smallest absolute Gasteiger partial charge is 0.244 e. The Balaban J connectivity index is 1.81. The van der Waals surface area contributed by atoms with Crippen LogP contribution in [0.25, 0.3) is 0 Å². The second kappa shape index (κ2) is 13.4. The van der Waals surface area contributed by atoms with Crippen molar-refractivity contribution in [2.75, 3.05) is 23.7 Å². The highest BCUT2D eigenvalue weighted by Gasteiger charge is 2.30. The standard InChI is InChI=1S/C28H32BrN3O5S/c1-4-30-28(34)21(2)31(18-23-11-8-12-24(29)17-23)27(33)19-32(38(3,35)36)25-13-15-26(16-14-25)37-20-22-9-6-5-7-10-22/h5-17,21H,4,18-20H2,1-3H3,(H,30,34). The number of halogens is 1. The summed E-state index contributed by atoms with van der Waals surface area (Å²) in [7, 11) is -3.81. The van der Waals surface area contributed by atoms with E-state index in [1.54, 1.807) is 38.1 Å². The molecule has 1 atom stereocenters. The topological polar surface area (TPSA) is 96.0 Å².